The molecule has 1 fully saturated rings. The maximum Gasteiger partial charge on any atom is 0.192 e. The van der Waals surface area contributed by atoms with E-state index in [4.69, 9.17) is 4.74 Å². The van der Waals surface area contributed by atoms with Crippen molar-refractivity contribution in [1.29, 1.82) is 0 Å². The fraction of sp³-hybridized carbons (Fsp3) is 1.00. The normalized spacial score (nSPS) is 55.5. The van der Waals surface area contributed by atoms with Crippen LogP contribution < -0.4 is 0 Å². The second kappa shape index (κ2) is 2.93. The lowest BCUT2D eigenvalue weighted by atomic mass is 9.94. The number of hydrogen-bond donors (Lipinski definition) is 4. The lowest BCUT2D eigenvalue weighted by Crippen LogP contribution is -2.62. The molecule has 0 amide bonds. The topological polar surface area (TPSA) is 90.2 Å². The largest absolute Gasteiger partial charge is 0.388 e. The number of ether oxygens (including phenoxy) is 1. The Morgan fingerprint density at radius 3 is 2.17 bits per heavy atom. The van der Waals surface area contributed by atoms with E-state index in [0.29, 0.717) is 0 Å². The Morgan fingerprint density at radius 2 is 1.67 bits per heavy atom. The van der Waals surface area contributed by atoms with Gasteiger partial charge in [0.15, 0.2) is 5.79 Å². The fourth-order valence-electron chi connectivity index (χ4n) is 1.30. The highest BCUT2D eigenvalue weighted by Gasteiger charge is 2.48. The average molecular weight is 178 g/mol. The van der Waals surface area contributed by atoms with E-state index in [1.165, 1.54) is 13.8 Å². The molecule has 0 bridgehead atoms. The van der Waals surface area contributed by atoms with Crippen molar-refractivity contribution in [3.63, 3.8) is 0 Å². The molecule has 0 aliphatic carbocycles. The maximum atomic E-state index is 9.36. The number of rotatable bonds is 0. The van der Waals surface area contributed by atoms with Crippen LogP contribution in [-0.2, 0) is 4.74 Å². The molecule has 1 rings (SSSR count). The molecule has 1 aliphatic heterocycles. The van der Waals surface area contributed by atoms with E-state index < -0.39 is 30.2 Å². The van der Waals surface area contributed by atoms with Gasteiger partial charge >= 0.3 is 0 Å². The molecule has 0 aromatic rings. The Kier molecular flexibility index (Phi) is 2.42. The molecular formula is C7H14O5. The molecule has 4 N–H and O–H groups in total. The molecule has 1 heterocycles. The van der Waals surface area contributed by atoms with Crippen LogP contribution in [0.4, 0.5) is 0 Å². The van der Waals surface area contributed by atoms with Crippen molar-refractivity contribution >= 4 is 0 Å². The molecule has 0 radical (unpaired) electrons. The molecule has 72 valence electrons. The van der Waals surface area contributed by atoms with Gasteiger partial charge in [-0.25, -0.2) is 0 Å². The summed E-state index contributed by atoms with van der Waals surface area (Å²) in [6.07, 6.45) is -4.72. The van der Waals surface area contributed by atoms with Crippen LogP contribution in [0.3, 0.4) is 0 Å². The Bertz CT molecular complexity index is 169. The second-order valence-electron chi connectivity index (χ2n) is 3.30. The molecular weight excluding hydrogens is 164 g/mol. The molecule has 5 heteroatoms. The summed E-state index contributed by atoms with van der Waals surface area (Å²) in [4.78, 5) is 0. The summed E-state index contributed by atoms with van der Waals surface area (Å²) in [6.45, 7) is 2.75. The molecule has 0 saturated carbocycles. The first kappa shape index (κ1) is 9.88. The van der Waals surface area contributed by atoms with Crippen molar-refractivity contribution in [3.8, 4) is 0 Å². The van der Waals surface area contributed by atoms with Crippen molar-refractivity contribution in [2.45, 2.75) is 44.1 Å². The molecule has 5 atom stereocenters. The standard InChI is InChI=1S/C7H14O5/c1-3-4(8)5(9)6(10)7(2,11)12-3/h3-6,8-11H,1-2H3/t3-,4-,5+,6+,7-/m0/s1. The summed E-state index contributed by atoms with van der Waals surface area (Å²) < 4.78 is 4.86. The minimum atomic E-state index is -1.79. The first-order chi connectivity index (χ1) is 5.36. The Balaban J connectivity index is 2.78. The Morgan fingerprint density at radius 1 is 1.17 bits per heavy atom. The predicted molar refractivity (Wildman–Crippen MR) is 39.2 cm³/mol. The van der Waals surface area contributed by atoms with Gasteiger partial charge < -0.3 is 25.2 Å². The van der Waals surface area contributed by atoms with Gasteiger partial charge in [0.2, 0.25) is 0 Å². The zero-order chi connectivity index (χ0) is 9.52. The van der Waals surface area contributed by atoms with Crippen LogP contribution in [-0.4, -0.2) is 50.6 Å². The van der Waals surface area contributed by atoms with Gasteiger partial charge in [0.05, 0.1) is 6.10 Å². The van der Waals surface area contributed by atoms with E-state index in [1.807, 2.05) is 0 Å². The summed E-state index contributed by atoms with van der Waals surface area (Å²) in [6, 6.07) is 0. The molecule has 12 heavy (non-hydrogen) atoms. The zero-order valence-corrected chi connectivity index (χ0v) is 7.01. The quantitative estimate of drug-likeness (QED) is 0.351. The third kappa shape index (κ3) is 1.46. The maximum absolute atomic E-state index is 9.36. The minimum Gasteiger partial charge on any atom is -0.388 e. The molecule has 0 aromatic heterocycles. The molecule has 0 spiro atoms. The van der Waals surface area contributed by atoms with E-state index in [0.717, 1.165) is 0 Å². The number of aliphatic hydroxyl groups is 4. The van der Waals surface area contributed by atoms with Gasteiger partial charge in [-0.3, -0.25) is 0 Å². The summed E-state index contributed by atoms with van der Waals surface area (Å²) in [7, 11) is 0. The van der Waals surface area contributed by atoms with E-state index >= 15 is 0 Å². The van der Waals surface area contributed by atoms with Crippen molar-refractivity contribution in [2.24, 2.45) is 0 Å². The predicted octanol–water partition coefficient (Wildman–Crippen LogP) is -1.80. The van der Waals surface area contributed by atoms with Crippen molar-refractivity contribution < 1.29 is 25.2 Å². The van der Waals surface area contributed by atoms with Gasteiger partial charge in [-0.2, -0.15) is 0 Å². The SMILES string of the molecule is C[C@@H]1O[C@](C)(O)[C@H](O)[C@H](O)[C@H]1O. The highest BCUT2D eigenvalue weighted by atomic mass is 16.7. The van der Waals surface area contributed by atoms with E-state index in [1.54, 1.807) is 0 Å². The lowest BCUT2D eigenvalue weighted by molar-refractivity contribution is -0.334. The summed E-state index contributed by atoms with van der Waals surface area (Å²) in [5.41, 5.74) is 0. The Labute approximate surface area is 70.2 Å². The number of aliphatic hydroxyl groups excluding tert-OH is 3. The third-order valence-electron chi connectivity index (χ3n) is 2.13. The van der Waals surface area contributed by atoms with Crippen LogP contribution in [0.15, 0.2) is 0 Å². The van der Waals surface area contributed by atoms with Gasteiger partial charge in [-0.1, -0.05) is 0 Å². The van der Waals surface area contributed by atoms with Crippen molar-refractivity contribution in [1.82, 2.24) is 0 Å². The van der Waals surface area contributed by atoms with Crippen LogP contribution in [0.1, 0.15) is 13.8 Å². The van der Waals surface area contributed by atoms with E-state index in [9.17, 15) is 20.4 Å². The third-order valence-corrected chi connectivity index (χ3v) is 2.13. The fourth-order valence-corrected chi connectivity index (χ4v) is 1.30. The van der Waals surface area contributed by atoms with Gasteiger partial charge in [-0.15, -0.1) is 0 Å². The highest BCUT2D eigenvalue weighted by molar-refractivity contribution is 4.92. The number of hydrogen-bond acceptors (Lipinski definition) is 5. The molecule has 1 saturated heterocycles. The van der Waals surface area contributed by atoms with Crippen molar-refractivity contribution in [3.05, 3.63) is 0 Å². The van der Waals surface area contributed by atoms with Crippen molar-refractivity contribution in [2.75, 3.05) is 0 Å². The second-order valence-corrected chi connectivity index (χ2v) is 3.30. The Hall–Kier alpha value is -0.200. The van der Waals surface area contributed by atoms with Crippen LogP contribution in [0, 0.1) is 0 Å². The van der Waals surface area contributed by atoms with E-state index in [2.05, 4.69) is 0 Å². The molecule has 1 aliphatic rings. The van der Waals surface area contributed by atoms with Crippen LogP contribution in [0.2, 0.25) is 0 Å². The summed E-state index contributed by atoms with van der Waals surface area (Å²) >= 11 is 0. The monoisotopic (exact) mass is 178 g/mol. The molecule has 0 aromatic carbocycles. The first-order valence-corrected chi connectivity index (χ1v) is 3.80. The zero-order valence-electron chi connectivity index (χ0n) is 7.01. The van der Waals surface area contributed by atoms with Crippen LogP contribution in [0.25, 0.3) is 0 Å². The summed E-state index contributed by atoms with van der Waals surface area (Å²) in [5, 5.41) is 37.0. The van der Waals surface area contributed by atoms with Gasteiger partial charge in [0.25, 0.3) is 0 Å². The molecule has 5 nitrogen and oxygen atoms in total. The molecule has 0 unspecified atom stereocenters. The highest BCUT2D eigenvalue weighted by Crippen LogP contribution is 2.27. The first-order valence-electron chi connectivity index (χ1n) is 3.80. The van der Waals surface area contributed by atoms with Gasteiger partial charge in [-0.05, 0) is 13.8 Å². The van der Waals surface area contributed by atoms with Gasteiger partial charge in [0.1, 0.15) is 18.3 Å². The van der Waals surface area contributed by atoms with E-state index in [-0.39, 0.29) is 0 Å². The smallest absolute Gasteiger partial charge is 0.192 e. The van der Waals surface area contributed by atoms with Crippen LogP contribution >= 0.6 is 0 Å². The average Bonchev–Trinajstić information content (AvgIpc) is 1.97. The minimum absolute atomic E-state index is 0.696. The van der Waals surface area contributed by atoms with Crippen LogP contribution in [0.5, 0.6) is 0 Å². The summed E-state index contributed by atoms with van der Waals surface area (Å²) in [5.74, 6) is -1.79. The lowest BCUT2D eigenvalue weighted by Gasteiger charge is -2.42. The van der Waals surface area contributed by atoms with Gasteiger partial charge in [0, 0.05) is 0 Å².